The number of ether oxygens (including phenoxy) is 2. The summed E-state index contributed by atoms with van der Waals surface area (Å²) in [5.41, 5.74) is 2.99. The first-order valence-corrected chi connectivity index (χ1v) is 10.4. The van der Waals surface area contributed by atoms with Gasteiger partial charge in [0.2, 0.25) is 11.8 Å². The van der Waals surface area contributed by atoms with Gasteiger partial charge < -0.3 is 14.8 Å². The number of rotatable bonds is 9. The zero-order valence-corrected chi connectivity index (χ0v) is 19.0. The standard InChI is InChI=1S/C21H23FIN3O4/c1-4-29-18-10-14(9-16(23)21(18)30-13(2)3)12-24-26-20(28)11-19(27)25-17-8-6-5-7-15(17)22/h5-10,12-13H,4,11H2,1-3H3,(H,25,27)(H,26,28). The predicted molar refractivity (Wildman–Crippen MR) is 121 cm³/mol. The van der Waals surface area contributed by atoms with Crippen LogP contribution in [0.2, 0.25) is 0 Å². The van der Waals surface area contributed by atoms with Gasteiger partial charge in [0.25, 0.3) is 0 Å². The zero-order valence-electron chi connectivity index (χ0n) is 16.9. The lowest BCUT2D eigenvalue weighted by atomic mass is 10.2. The van der Waals surface area contributed by atoms with Gasteiger partial charge >= 0.3 is 0 Å². The van der Waals surface area contributed by atoms with Gasteiger partial charge in [0.15, 0.2) is 11.5 Å². The summed E-state index contributed by atoms with van der Waals surface area (Å²) >= 11 is 2.14. The van der Waals surface area contributed by atoms with Crippen molar-refractivity contribution in [2.45, 2.75) is 33.3 Å². The second-order valence-corrected chi connectivity index (χ2v) is 7.59. The number of hydrogen-bond donors (Lipinski definition) is 2. The van der Waals surface area contributed by atoms with E-state index in [-0.39, 0.29) is 11.8 Å². The first-order valence-electron chi connectivity index (χ1n) is 9.29. The number of para-hydroxylation sites is 1. The Labute approximate surface area is 188 Å². The number of anilines is 1. The molecule has 0 aliphatic rings. The van der Waals surface area contributed by atoms with E-state index in [2.05, 4.69) is 38.4 Å². The molecule has 0 fully saturated rings. The van der Waals surface area contributed by atoms with E-state index in [0.717, 1.165) is 3.57 Å². The molecule has 2 rings (SSSR count). The summed E-state index contributed by atoms with van der Waals surface area (Å²) < 4.78 is 25.8. The molecule has 160 valence electrons. The molecule has 0 bridgehead atoms. The highest BCUT2D eigenvalue weighted by atomic mass is 127. The molecule has 0 spiro atoms. The highest BCUT2D eigenvalue weighted by Crippen LogP contribution is 2.34. The average molecular weight is 527 g/mol. The molecule has 0 aromatic heterocycles. The van der Waals surface area contributed by atoms with Crippen molar-refractivity contribution in [1.29, 1.82) is 0 Å². The first kappa shape index (κ1) is 23.6. The second-order valence-electron chi connectivity index (χ2n) is 6.43. The van der Waals surface area contributed by atoms with Crippen molar-refractivity contribution in [1.82, 2.24) is 5.43 Å². The Morgan fingerprint density at radius 3 is 2.63 bits per heavy atom. The molecular weight excluding hydrogens is 504 g/mol. The van der Waals surface area contributed by atoms with Crippen LogP contribution in [0.5, 0.6) is 11.5 Å². The van der Waals surface area contributed by atoms with Crippen LogP contribution in [-0.2, 0) is 9.59 Å². The van der Waals surface area contributed by atoms with E-state index in [4.69, 9.17) is 9.47 Å². The van der Waals surface area contributed by atoms with Crippen LogP contribution < -0.4 is 20.2 Å². The molecule has 0 radical (unpaired) electrons. The summed E-state index contributed by atoms with van der Waals surface area (Å²) in [6.07, 6.45) is 0.942. The number of carbonyl (C=O) groups is 2. The fraction of sp³-hybridized carbons (Fsp3) is 0.286. The Morgan fingerprint density at radius 1 is 1.23 bits per heavy atom. The third-order valence-electron chi connectivity index (χ3n) is 3.56. The van der Waals surface area contributed by atoms with Crippen molar-refractivity contribution < 1.29 is 23.5 Å². The van der Waals surface area contributed by atoms with Gasteiger partial charge in [-0.05, 0) is 73.2 Å². The highest BCUT2D eigenvalue weighted by Gasteiger charge is 2.14. The van der Waals surface area contributed by atoms with Crippen LogP contribution in [0.25, 0.3) is 0 Å². The smallest absolute Gasteiger partial charge is 0.249 e. The van der Waals surface area contributed by atoms with E-state index in [1.807, 2.05) is 26.8 Å². The number of nitrogens with zero attached hydrogens (tertiary/aromatic N) is 1. The van der Waals surface area contributed by atoms with Crippen molar-refractivity contribution >= 4 is 46.3 Å². The maximum absolute atomic E-state index is 13.5. The van der Waals surface area contributed by atoms with E-state index >= 15 is 0 Å². The molecule has 0 atom stereocenters. The van der Waals surface area contributed by atoms with Gasteiger partial charge in [-0.3, -0.25) is 9.59 Å². The Bertz CT molecular complexity index is 934. The van der Waals surface area contributed by atoms with E-state index < -0.39 is 24.1 Å². The van der Waals surface area contributed by atoms with E-state index in [1.165, 1.54) is 24.4 Å². The molecule has 0 aliphatic carbocycles. The van der Waals surface area contributed by atoms with Crippen LogP contribution >= 0.6 is 22.6 Å². The quantitative estimate of drug-likeness (QED) is 0.223. The third kappa shape index (κ3) is 7.29. The predicted octanol–water partition coefficient (Wildman–Crippen LogP) is 4.10. The van der Waals surface area contributed by atoms with Crippen LogP contribution in [0.4, 0.5) is 10.1 Å². The van der Waals surface area contributed by atoms with Crippen molar-refractivity contribution in [3.8, 4) is 11.5 Å². The summed E-state index contributed by atoms with van der Waals surface area (Å²) in [7, 11) is 0. The number of hydrogen-bond acceptors (Lipinski definition) is 5. The fourth-order valence-corrected chi connectivity index (χ4v) is 3.15. The minimum Gasteiger partial charge on any atom is -0.490 e. The monoisotopic (exact) mass is 527 g/mol. The zero-order chi connectivity index (χ0) is 22.1. The molecule has 0 saturated heterocycles. The van der Waals surface area contributed by atoms with Crippen LogP contribution in [-0.4, -0.2) is 30.7 Å². The number of amides is 2. The highest BCUT2D eigenvalue weighted by molar-refractivity contribution is 14.1. The number of hydrazone groups is 1. The summed E-state index contributed by atoms with van der Waals surface area (Å²) in [5, 5.41) is 6.22. The summed E-state index contributed by atoms with van der Waals surface area (Å²) in [6, 6.07) is 9.30. The van der Waals surface area contributed by atoms with Crippen molar-refractivity contribution in [3.63, 3.8) is 0 Å². The molecule has 0 saturated carbocycles. The normalized spacial score (nSPS) is 10.9. The molecule has 2 aromatic rings. The lowest BCUT2D eigenvalue weighted by Gasteiger charge is -2.16. The lowest BCUT2D eigenvalue weighted by Crippen LogP contribution is -2.25. The molecule has 2 aromatic carbocycles. The lowest BCUT2D eigenvalue weighted by molar-refractivity contribution is -0.126. The number of halogens is 2. The summed E-state index contributed by atoms with van der Waals surface area (Å²) in [6.45, 7) is 6.20. The number of carbonyl (C=O) groups excluding carboxylic acids is 2. The van der Waals surface area contributed by atoms with Crippen LogP contribution in [0.1, 0.15) is 32.8 Å². The van der Waals surface area contributed by atoms with Crippen molar-refractivity contribution in [2.24, 2.45) is 5.10 Å². The van der Waals surface area contributed by atoms with Gasteiger partial charge in [-0.15, -0.1) is 0 Å². The maximum atomic E-state index is 13.5. The van der Waals surface area contributed by atoms with Crippen LogP contribution in [0, 0.1) is 9.39 Å². The third-order valence-corrected chi connectivity index (χ3v) is 4.36. The van der Waals surface area contributed by atoms with E-state index in [9.17, 15) is 14.0 Å². The summed E-state index contributed by atoms with van der Waals surface area (Å²) in [5.74, 6) is -0.613. The van der Waals surface area contributed by atoms with Gasteiger partial charge in [0.05, 0.1) is 28.2 Å². The van der Waals surface area contributed by atoms with Gasteiger partial charge in [0, 0.05) is 0 Å². The maximum Gasteiger partial charge on any atom is 0.249 e. The molecular formula is C21H23FIN3O4. The average Bonchev–Trinajstić information content (AvgIpc) is 2.66. The Balaban J connectivity index is 1.97. The van der Waals surface area contributed by atoms with Crippen LogP contribution in [0.15, 0.2) is 41.5 Å². The molecule has 9 heteroatoms. The molecule has 2 N–H and O–H groups in total. The van der Waals surface area contributed by atoms with E-state index in [1.54, 1.807) is 12.1 Å². The molecule has 30 heavy (non-hydrogen) atoms. The molecule has 0 heterocycles. The first-order chi connectivity index (χ1) is 14.3. The van der Waals surface area contributed by atoms with Gasteiger partial charge in [0.1, 0.15) is 12.2 Å². The van der Waals surface area contributed by atoms with Crippen molar-refractivity contribution in [3.05, 3.63) is 51.3 Å². The molecule has 0 aliphatic heterocycles. The summed E-state index contributed by atoms with van der Waals surface area (Å²) in [4.78, 5) is 23.8. The Morgan fingerprint density at radius 2 is 1.97 bits per heavy atom. The number of nitrogens with one attached hydrogen (secondary N) is 2. The SMILES string of the molecule is CCOc1cc(C=NNC(=O)CC(=O)Nc2ccccc2F)cc(I)c1OC(C)C. The molecule has 7 nitrogen and oxygen atoms in total. The topological polar surface area (TPSA) is 89.0 Å². The molecule has 0 unspecified atom stereocenters. The minimum absolute atomic E-state index is 0.00738. The Hall–Kier alpha value is -2.69. The van der Waals surface area contributed by atoms with E-state index in [0.29, 0.717) is 23.7 Å². The largest absolute Gasteiger partial charge is 0.490 e. The number of benzene rings is 2. The van der Waals surface area contributed by atoms with Crippen molar-refractivity contribution in [2.75, 3.05) is 11.9 Å². The van der Waals surface area contributed by atoms with Gasteiger partial charge in [-0.2, -0.15) is 5.10 Å². The Kier molecular flexibility index (Phi) is 9.03. The van der Waals surface area contributed by atoms with Crippen LogP contribution in [0.3, 0.4) is 0 Å². The van der Waals surface area contributed by atoms with Gasteiger partial charge in [-0.1, -0.05) is 12.1 Å². The second kappa shape index (κ2) is 11.5. The fourth-order valence-electron chi connectivity index (χ4n) is 2.40. The van der Waals surface area contributed by atoms with Gasteiger partial charge in [-0.25, -0.2) is 9.82 Å². The molecule has 2 amide bonds. The minimum atomic E-state index is -0.642.